The number of carbonyl (C=O) groups is 1. The normalized spacial score (nSPS) is 19.7. The number of hydrogen-bond donors (Lipinski definition) is 1. The molecule has 1 aliphatic rings. The highest BCUT2D eigenvalue weighted by Gasteiger charge is 2.34. The molecular formula is C16H26FNO. The second-order valence-corrected chi connectivity index (χ2v) is 5.14. The van der Waals surface area contributed by atoms with Crippen LogP contribution in [0.1, 0.15) is 52.0 Å². The molecule has 1 aromatic carbocycles. The lowest BCUT2D eigenvalue weighted by Gasteiger charge is -1.96. The van der Waals surface area contributed by atoms with Gasteiger partial charge in [0.05, 0.1) is 0 Å². The molecule has 0 unspecified atom stereocenters. The Morgan fingerprint density at radius 3 is 1.95 bits per heavy atom. The molecule has 2 N–H and O–H groups in total. The first kappa shape index (κ1) is 17.8. The van der Waals surface area contributed by atoms with Crippen molar-refractivity contribution in [3.63, 3.8) is 0 Å². The lowest BCUT2D eigenvalue weighted by atomic mass is 10.1. The molecule has 0 aliphatic heterocycles. The van der Waals surface area contributed by atoms with Gasteiger partial charge in [0.2, 0.25) is 0 Å². The van der Waals surface area contributed by atoms with Gasteiger partial charge in [0.25, 0.3) is 0 Å². The van der Waals surface area contributed by atoms with Gasteiger partial charge in [0.1, 0.15) is 12.1 Å². The number of hydrogen-bond acceptors (Lipinski definition) is 2. The minimum atomic E-state index is -0.178. The number of rotatable bonds is 2. The predicted molar refractivity (Wildman–Crippen MR) is 78.6 cm³/mol. The van der Waals surface area contributed by atoms with Gasteiger partial charge in [-0.05, 0) is 24.1 Å². The van der Waals surface area contributed by atoms with E-state index < -0.39 is 0 Å². The molecule has 1 saturated carbocycles. The second-order valence-electron chi connectivity index (χ2n) is 5.14. The van der Waals surface area contributed by atoms with Crippen LogP contribution in [0.5, 0.6) is 0 Å². The molecule has 0 heterocycles. The Hall–Kier alpha value is -1.22. The molecule has 0 bridgehead atoms. The molecular weight excluding hydrogens is 241 g/mol. The summed E-state index contributed by atoms with van der Waals surface area (Å²) in [5.74, 6) is 0.508. The minimum absolute atomic E-state index is 0.178. The molecule has 0 spiro atoms. The van der Waals surface area contributed by atoms with Gasteiger partial charge >= 0.3 is 0 Å². The van der Waals surface area contributed by atoms with E-state index in [1.807, 2.05) is 26.0 Å². The largest absolute Gasteiger partial charge is 0.327 e. The second kappa shape index (κ2) is 9.68. The zero-order valence-electron chi connectivity index (χ0n) is 12.4. The summed E-state index contributed by atoms with van der Waals surface area (Å²) in [5.41, 5.74) is 6.81. The third-order valence-corrected chi connectivity index (χ3v) is 2.41. The van der Waals surface area contributed by atoms with E-state index in [0.717, 1.165) is 12.7 Å². The van der Waals surface area contributed by atoms with Crippen LogP contribution in [0.2, 0.25) is 0 Å². The van der Waals surface area contributed by atoms with Gasteiger partial charge in [-0.1, -0.05) is 46.2 Å². The van der Waals surface area contributed by atoms with Crippen LogP contribution < -0.4 is 5.73 Å². The summed E-state index contributed by atoms with van der Waals surface area (Å²) in [6, 6.07) is 6.90. The van der Waals surface area contributed by atoms with Crippen molar-refractivity contribution in [2.24, 2.45) is 11.7 Å². The lowest BCUT2D eigenvalue weighted by molar-refractivity contribution is -0.110. The van der Waals surface area contributed by atoms with Gasteiger partial charge in [-0.3, -0.25) is 0 Å². The molecule has 0 saturated heterocycles. The van der Waals surface area contributed by atoms with Gasteiger partial charge in [-0.2, -0.15) is 0 Å². The average Bonchev–Trinajstić information content (AvgIpc) is 3.09. The SMILES string of the molecule is CC(C)C=O.CCC.N[C@@H]1C[C@H]1c1ccc(F)cc1. The van der Waals surface area contributed by atoms with Gasteiger partial charge in [0.15, 0.2) is 0 Å². The number of benzene rings is 1. The van der Waals surface area contributed by atoms with Crippen molar-refractivity contribution < 1.29 is 9.18 Å². The first-order valence-corrected chi connectivity index (χ1v) is 6.92. The summed E-state index contributed by atoms with van der Waals surface area (Å²) in [4.78, 5) is 9.50. The Bertz CT molecular complexity index is 348. The maximum atomic E-state index is 12.4. The highest BCUT2D eigenvalue weighted by molar-refractivity contribution is 5.51. The molecule has 0 radical (unpaired) electrons. The topological polar surface area (TPSA) is 43.1 Å². The smallest absolute Gasteiger partial charge is 0.123 e. The fourth-order valence-electron chi connectivity index (χ4n) is 1.31. The van der Waals surface area contributed by atoms with E-state index in [0.29, 0.717) is 12.0 Å². The standard InChI is InChI=1S/C9H10FN.C4H8O.C3H8/c10-7-3-1-6(2-4-7)8-5-9(8)11;1-4(2)3-5;1-3-2/h1-4,8-9H,5,11H2;3-4H,1-2H3;3H2,1-2H3/t8-,9+;;/m0../s1. The quantitative estimate of drug-likeness (QED) is 0.826. The molecule has 19 heavy (non-hydrogen) atoms. The van der Waals surface area contributed by atoms with Crippen LogP contribution in [0.4, 0.5) is 4.39 Å². The Kier molecular flexibility index (Phi) is 9.06. The van der Waals surface area contributed by atoms with Crippen molar-refractivity contribution in [1.29, 1.82) is 0 Å². The monoisotopic (exact) mass is 267 g/mol. The van der Waals surface area contributed by atoms with Crippen LogP contribution in [0.3, 0.4) is 0 Å². The minimum Gasteiger partial charge on any atom is -0.327 e. The molecule has 1 aliphatic carbocycles. The number of aldehydes is 1. The highest BCUT2D eigenvalue weighted by atomic mass is 19.1. The first-order valence-electron chi connectivity index (χ1n) is 6.92. The Balaban J connectivity index is 0.000000344. The molecule has 0 aromatic heterocycles. The number of nitrogens with two attached hydrogens (primary N) is 1. The molecule has 2 nitrogen and oxygen atoms in total. The lowest BCUT2D eigenvalue weighted by Crippen LogP contribution is -2.00. The number of carbonyl (C=O) groups excluding carboxylic acids is 1. The number of halogens is 1. The van der Waals surface area contributed by atoms with E-state index in [4.69, 9.17) is 5.73 Å². The van der Waals surface area contributed by atoms with E-state index in [1.165, 1.54) is 24.1 Å². The summed E-state index contributed by atoms with van der Waals surface area (Å²) in [6.45, 7) is 7.96. The molecule has 1 aromatic rings. The van der Waals surface area contributed by atoms with Gasteiger partial charge < -0.3 is 10.5 Å². The third-order valence-electron chi connectivity index (χ3n) is 2.41. The van der Waals surface area contributed by atoms with Crippen molar-refractivity contribution in [1.82, 2.24) is 0 Å². The Labute approximate surface area is 116 Å². The van der Waals surface area contributed by atoms with Crippen LogP contribution in [0.25, 0.3) is 0 Å². The molecule has 108 valence electrons. The average molecular weight is 267 g/mol. The molecule has 2 atom stereocenters. The Morgan fingerprint density at radius 1 is 1.32 bits per heavy atom. The van der Waals surface area contributed by atoms with E-state index in [-0.39, 0.29) is 11.7 Å². The van der Waals surface area contributed by atoms with Crippen LogP contribution in [0, 0.1) is 11.7 Å². The van der Waals surface area contributed by atoms with E-state index in [2.05, 4.69) is 13.8 Å². The Morgan fingerprint density at radius 2 is 1.68 bits per heavy atom. The summed E-state index contributed by atoms with van der Waals surface area (Å²) in [5, 5.41) is 0. The van der Waals surface area contributed by atoms with E-state index >= 15 is 0 Å². The molecule has 2 rings (SSSR count). The van der Waals surface area contributed by atoms with Crippen molar-refractivity contribution in [2.75, 3.05) is 0 Å². The zero-order valence-corrected chi connectivity index (χ0v) is 12.4. The van der Waals surface area contributed by atoms with E-state index in [9.17, 15) is 9.18 Å². The van der Waals surface area contributed by atoms with Gasteiger partial charge in [-0.15, -0.1) is 0 Å². The summed E-state index contributed by atoms with van der Waals surface area (Å²) in [7, 11) is 0. The van der Waals surface area contributed by atoms with Crippen molar-refractivity contribution >= 4 is 6.29 Å². The maximum absolute atomic E-state index is 12.4. The summed E-state index contributed by atoms with van der Waals surface area (Å²) in [6.07, 6.45) is 3.21. The fourth-order valence-corrected chi connectivity index (χ4v) is 1.31. The fraction of sp³-hybridized carbons (Fsp3) is 0.562. The highest BCUT2D eigenvalue weighted by Crippen LogP contribution is 2.38. The van der Waals surface area contributed by atoms with Crippen molar-refractivity contribution in [2.45, 2.75) is 52.5 Å². The van der Waals surface area contributed by atoms with Gasteiger partial charge in [-0.25, -0.2) is 4.39 Å². The summed E-state index contributed by atoms with van der Waals surface area (Å²) < 4.78 is 12.4. The van der Waals surface area contributed by atoms with Crippen molar-refractivity contribution in [3.8, 4) is 0 Å². The van der Waals surface area contributed by atoms with Crippen LogP contribution in [-0.4, -0.2) is 12.3 Å². The van der Waals surface area contributed by atoms with Crippen LogP contribution in [0.15, 0.2) is 24.3 Å². The van der Waals surface area contributed by atoms with Gasteiger partial charge in [0, 0.05) is 17.9 Å². The molecule has 0 amide bonds. The summed E-state index contributed by atoms with van der Waals surface area (Å²) >= 11 is 0. The zero-order chi connectivity index (χ0) is 14.8. The van der Waals surface area contributed by atoms with Crippen molar-refractivity contribution in [3.05, 3.63) is 35.6 Å². The third kappa shape index (κ3) is 8.49. The molecule has 1 fully saturated rings. The molecule has 3 heteroatoms. The van der Waals surface area contributed by atoms with E-state index in [1.54, 1.807) is 0 Å². The predicted octanol–water partition coefficient (Wildman–Crippen LogP) is 3.90. The first-order chi connectivity index (χ1) is 8.96. The maximum Gasteiger partial charge on any atom is 0.123 e. The van der Waals surface area contributed by atoms with Crippen LogP contribution in [-0.2, 0) is 4.79 Å². The van der Waals surface area contributed by atoms with Crippen LogP contribution >= 0.6 is 0 Å².